The second kappa shape index (κ2) is 5.23. The maximum Gasteiger partial charge on any atom is 0.123 e. The topological polar surface area (TPSA) is 20.2 Å². The molecule has 0 saturated carbocycles. The number of aryl methyl sites for hydroxylation is 1. The minimum atomic E-state index is -0.587. The molecule has 1 heterocycles. The molecule has 0 amide bonds. The molecule has 1 aromatic heterocycles. The van der Waals surface area contributed by atoms with E-state index in [9.17, 15) is 9.50 Å². The highest BCUT2D eigenvalue weighted by Gasteiger charge is 2.08. The molecular formula is C13H13FOS. The van der Waals surface area contributed by atoms with E-state index in [1.165, 1.54) is 17.7 Å². The standard InChI is InChI=1S/C13H13FOS/c14-12-3-1-2-11(8-12)13(15)5-4-10-6-7-16-9-10/h1-3,6-9,13,15H,4-5H2. The van der Waals surface area contributed by atoms with Gasteiger partial charge in [0.25, 0.3) is 0 Å². The van der Waals surface area contributed by atoms with Crippen LogP contribution in [0.4, 0.5) is 4.39 Å². The molecule has 0 saturated heterocycles. The van der Waals surface area contributed by atoms with Crippen LogP contribution >= 0.6 is 11.3 Å². The fourth-order valence-electron chi connectivity index (χ4n) is 1.62. The van der Waals surface area contributed by atoms with Crippen LogP contribution in [0.2, 0.25) is 0 Å². The Hall–Kier alpha value is -1.19. The first kappa shape index (κ1) is 11.3. The van der Waals surface area contributed by atoms with E-state index < -0.39 is 6.10 Å². The fraction of sp³-hybridized carbons (Fsp3) is 0.231. The van der Waals surface area contributed by atoms with Gasteiger partial charge < -0.3 is 5.11 Å². The largest absolute Gasteiger partial charge is 0.388 e. The summed E-state index contributed by atoms with van der Waals surface area (Å²) < 4.78 is 12.9. The lowest BCUT2D eigenvalue weighted by Crippen LogP contribution is -1.99. The zero-order valence-corrected chi connectivity index (χ0v) is 9.58. The average Bonchev–Trinajstić information content (AvgIpc) is 2.78. The van der Waals surface area contributed by atoms with E-state index in [1.807, 2.05) is 11.4 Å². The van der Waals surface area contributed by atoms with Crippen molar-refractivity contribution in [2.75, 3.05) is 0 Å². The van der Waals surface area contributed by atoms with Gasteiger partial charge >= 0.3 is 0 Å². The number of rotatable bonds is 4. The summed E-state index contributed by atoms with van der Waals surface area (Å²) in [6.45, 7) is 0. The summed E-state index contributed by atoms with van der Waals surface area (Å²) in [5, 5.41) is 14.0. The van der Waals surface area contributed by atoms with E-state index in [4.69, 9.17) is 0 Å². The van der Waals surface area contributed by atoms with Crippen molar-refractivity contribution in [3.05, 3.63) is 58.0 Å². The normalized spacial score (nSPS) is 12.6. The Balaban J connectivity index is 1.95. The first-order valence-corrected chi connectivity index (χ1v) is 6.14. The monoisotopic (exact) mass is 236 g/mol. The molecule has 0 aliphatic carbocycles. The molecule has 16 heavy (non-hydrogen) atoms. The lowest BCUT2D eigenvalue weighted by Gasteiger charge is -2.10. The van der Waals surface area contributed by atoms with E-state index in [0.29, 0.717) is 12.0 Å². The minimum Gasteiger partial charge on any atom is -0.388 e. The number of halogens is 1. The third kappa shape index (κ3) is 2.90. The first-order valence-electron chi connectivity index (χ1n) is 5.20. The van der Waals surface area contributed by atoms with Gasteiger partial charge in [-0.15, -0.1) is 0 Å². The number of aliphatic hydroxyl groups is 1. The summed E-state index contributed by atoms with van der Waals surface area (Å²) >= 11 is 1.65. The van der Waals surface area contributed by atoms with Crippen molar-refractivity contribution in [2.24, 2.45) is 0 Å². The summed E-state index contributed by atoms with van der Waals surface area (Å²) in [4.78, 5) is 0. The van der Waals surface area contributed by atoms with Gasteiger partial charge in [-0.05, 0) is 52.9 Å². The smallest absolute Gasteiger partial charge is 0.123 e. The van der Waals surface area contributed by atoms with Crippen molar-refractivity contribution in [1.29, 1.82) is 0 Å². The maximum absolute atomic E-state index is 12.9. The van der Waals surface area contributed by atoms with Crippen molar-refractivity contribution >= 4 is 11.3 Å². The Morgan fingerprint density at radius 3 is 2.88 bits per heavy atom. The second-order valence-corrected chi connectivity index (χ2v) is 4.52. The number of thiophene rings is 1. The van der Waals surface area contributed by atoms with Crippen LogP contribution < -0.4 is 0 Å². The highest BCUT2D eigenvalue weighted by molar-refractivity contribution is 7.07. The Bertz CT molecular complexity index is 439. The first-order chi connectivity index (χ1) is 7.75. The highest BCUT2D eigenvalue weighted by Crippen LogP contribution is 2.20. The highest BCUT2D eigenvalue weighted by atomic mass is 32.1. The summed E-state index contributed by atoms with van der Waals surface area (Å²) in [5.74, 6) is -0.299. The Morgan fingerprint density at radius 2 is 2.19 bits per heavy atom. The van der Waals surface area contributed by atoms with Crippen LogP contribution in [0.1, 0.15) is 23.7 Å². The van der Waals surface area contributed by atoms with Gasteiger partial charge in [0, 0.05) is 0 Å². The fourth-order valence-corrected chi connectivity index (χ4v) is 2.32. The van der Waals surface area contributed by atoms with Gasteiger partial charge in [-0.25, -0.2) is 4.39 Å². The van der Waals surface area contributed by atoms with Crippen LogP contribution in [-0.2, 0) is 6.42 Å². The molecule has 0 radical (unpaired) electrons. The Morgan fingerprint density at radius 1 is 1.31 bits per heavy atom. The van der Waals surface area contributed by atoms with Crippen LogP contribution in [0.5, 0.6) is 0 Å². The van der Waals surface area contributed by atoms with Gasteiger partial charge in [-0.1, -0.05) is 12.1 Å². The van der Waals surface area contributed by atoms with Gasteiger partial charge in [0.1, 0.15) is 5.82 Å². The molecule has 1 atom stereocenters. The van der Waals surface area contributed by atoms with Crippen LogP contribution in [0.3, 0.4) is 0 Å². The van der Waals surface area contributed by atoms with Gasteiger partial charge in [0.2, 0.25) is 0 Å². The molecule has 0 aliphatic heterocycles. The maximum atomic E-state index is 12.9. The van der Waals surface area contributed by atoms with Crippen molar-refractivity contribution in [3.63, 3.8) is 0 Å². The predicted octanol–water partition coefficient (Wildman–Crippen LogP) is 3.55. The number of hydrogen-bond acceptors (Lipinski definition) is 2. The Labute approximate surface area is 98.2 Å². The molecular weight excluding hydrogens is 223 g/mol. The minimum absolute atomic E-state index is 0.299. The molecule has 0 aliphatic rings. The molecule has 1 N–H and O–H groups in total. The average molecular weight is 236 g/mol. The van der Waals surface area contributed by atoms with Gasteiger partial charge in [-0.2, -0.15) is 11.3 Å². The SMILES string of the molecule is OC(CCc1ccsc1)c1cccc(F)c1. The molecule has 0 fully saturated rings. The van der Waals surface area contributed by atoms with Gasteiger partial charge in [-0.3, -0.25) is 0 Å². The van der Waals surface area contributed by atoms with E-state index in [0.717, 1.165) is 6.42 Å². The number of aliphatic hydroxyl groups excluding tert-OH is 1. The lowest BCUT2D eigenvalue weighted by molar-refractivity contribution is 0.167. The second-order valence-electron chi connectivity index (χ2n) is 3.74. The van der Waals surface area contributed by atoms with Crippen molar-refractivity contribution in [1.82, 2.24) is 0 Å². The van der Waals surface area contributed by atoms with E-state index in [2.05, 4.69) is 5.38 Å². The van der Waals surface area contributed by atoms with E-state index in [-0.39, 0.29) is 5.82 Å². The van der Waals surface area contributed by atoms with Crippen LogP contribution in [0.25, 0.3) is 0 Å². The summed E-state index contributed by atoms with van der Waals surface area (Å²) in [7, 11) is 0. The van der Waals surface area contributed by atoms with E-state index >= 15 is 0 Å². The summed E-state index contributed by atoms with van der Waals surface area (Å²) in [6, 6.07) is 8.19. The molecule has 1 aromatic carbocycles. The third-order valence-electron chi connectivity index (χ3n) is 2.52. The number of hydrogen-bond donors (Lipinski definition) is 1. The summed E-state index contributed by atoms with van der Waals surface area (Å²) in [5.41, 5.74) is 1.87. The van der Waals surface area contributed by atoms with Crippen LogP contribution in [0.15, 0.2) is 41.1 Å². The van der Waals surface area contributed by atoms with E-state index in [1.54, 1.807) is 23.5 Å². The quantitative estimate of drug-likeness (QED) is 0.860. The van der Waals surface area contributed by atoms with Crippen molar-refractivity contribution < 1.29 is 9.50 Å². The molecule has 1 unspecified atom stereocenters. The molecule has 2 aromatic rings. The van der Waals surface area contributed by atoms with Gasteiger partial charge in [0.05, 0.1) is 6.10 Å². The van der Waals surface area contributed by atoms with Crippen molar-refractivity contribution in [2.45, 2.75) is 18.9 Å². The molecule has 84 valence electrons. The molecule has 2 rings (SSSR count). The zero-order chi connectivity index (χ0) is 11.4. The lowest BCUT2D eigenvalue weighted by atomic mass is 10.0. The third-order valence-corrected chi connectivity index (χ3v) is 3.25. The van der Waals surface area contributed by atoms with Crippen LogP contribution in [0, 0.1) is 5.82 Å². The summed E-state index contributed by atoms with van der Waals surface area (Å²) in [6.07, 6.45) is 0.858. The molecule has 3 heteroatoms. The predicted molar refractivity (Wildman–Crippen MR) is 64.0 cm³/mol. The van der Waals surface area contributed by atoms with Gasteiger partial charge in [0.15, 0.2) is 0 Å². The molecule has 0 bridgehead atoms. The zero-order valence-electron chi connectivity index (χ0n) is 8.77. The number of benzene rings is 1. The van der Waals surface area contributed by atoms with Crippen LogP contribution in [-0.4, -0.2) is 5.11 Å². The van der Waals surface area contributed by atoms with Crippen molar-refractivity contribution in [3.8, 4) is 0 Å². The molecule has 1 nitrogen and oxygen atoms in total. The molecule has 0 spiro atoms. The Kier molecular flexibility index (Phi) is 3.70.